The number of amides is 6. The van der Waals surface area contributed by atoms with Crippen molar-refractivity contribution in [3.8, 4) is 0 Å². The second-order valence-electron chi connectivity index (χ2n) is 8.88. The predicted octanol–water partition coefficient (Wildman–Crippen LogP) is -4.57. The summed E-state index contributed by atoms with van der Waals surface area (Å²) in [5, 5.41) is 15.8. The van der Waals surface area contributed by atoms with Gasteiger partial charge in [0.05, 0.1) is 12.0 Å². The predicted molar refractivity (Wildman–Crippen MR) is 125 cm³/mol. The number of nitrogens with one attached hydrogen (secondary N) is 2. The smallest absolute Gasteiger partial charge is 0.548 e. The summed E-state index contributed by atoms with van der Waals surface area (Å²) < 4.78 is 36.7. The number of carboxylic acids is 1. The van der Waals surface area contributed by atoms with E-state index in [1.54, 1.807) is 32.0 Å². The number of imide groups is 1. The Kier molecular flexibility index (Phi) is 6.66. The monoisotopic (exact) mass is 544 g/mol. The van der Waals surface area contributed by atoms with Gasteiger partial charge < -0.3 is 30.3 Å². The Bertz CT molecular complexity index is 1320. The molecule has 1 aromatic rings. The number of benzene rings is 1. The first-order chi connectivity index (χ1) is 18.9. The minimum absolute atomic E-state index is 0. The van der Waals surface area contributed by atoms with Crippen LogP contribution in [0.3, 0.4) is 0 Å². The number of carbonyl (C=O) groups is 6. The minimum Gasteiger partial charge on any atom is -0.548 e. The number of rotatable bonds is 6. The topological polar surface area (TPSA) is 159 Å². The molecule has 0 aromatic heterocycles. The van der Waals surface area contributed by atoms with E-state index >= 15 is 0 Å². The number of hydrogen-bond donors (Lipinski definition) is 2. The van der Waals surface area contributed by atoms with Crippen LogP contribution in [-0.2, 0) is 24.0 Å². The van der Waals surface area contributed by atoms with Crippen molar-refractivity contribution in [2.45, 2.75) is 48.9 Å². The average Bonchev–Trinajstić information content (AvgIpc) is 3.14. The standard InChI is InChI=1S/C23H27N5O7S.Na/c1-4-26-10-11-27(19(32)18(26)31)22(35)25-13(12-8-6-5-7-9-12)16(29)24-14-17(30)28-15(21(33)34)23(2,3)36-20(14)28;/h5-9,13-15,20H,4,10-11H2,1-3H3,(H,24,29)(H,25,35)(H,33,34);/q;+1/p-1/t13-,14-,15+,20-;/m1./s1/i1D3,4D2;. The molecule has 0 saturated carbocycles. The van der Waals surface area contributed by atoms with E-state index in [4.69, 9.17) is 6.85 Å². The van der Waals surface area contributed by atoms with Gasteiger partial charge in [0.25, 0.3) is 0 Å². The summed E-state index contributed by atoms with van der Waals surface area (Å²) in [7, 11) is 0. The van der Waals surface area contributed by atoms with E-state index in [1.807, 2.05) is 0 Å². The Morgan fingerprint density at radius 2 is 1.86 bits per heavy atom. The second kappa shape index (κ2) is 11.0. The summed E-state index contributed by atoms with van der Waals surface area (Å²) in [6.07, 6.45) is 0. The molecule has 37 heavy (non-hydrogen) atoms. The normalized spacial score (nSPS) is 27.7. The van der Waals surface area contributed by atoms with Crippen molar-refractivity contribution in [1.29, 1.82) is 0 Å². The first-order valence-corrected chi connectivity index (χ1v) is 11.8. The van der Waals surface area contributed by atoms with E-state index in [0.29, 0.717) is 4.90 Å². The quantitative estimate of drug-likeness (QED) is 0.206. The van der Waals surface area contributed by atoms with Gasteiger partial charge in [0.15, 0.2) is 0 Å². The zero-order valence-electron chi connectivity index (χ0n) is 25.2. The van der Waals surface area contributed by atoms with Crippen molar-refractivity contribution >= 4 is 47.4 Å². The molecule has 3 heterocycles. The summed E-state index contributed by atoms with van der Waals surface area (Å²) in [5.74, 6) is -5.96. The van der Waals surface area contributed by atoms with Crippen LogP contribution < -0.4 is 45.3 Å². The summed E-state index contributed by atoms with van der Waals surface area (Å²) >= 11 is 1.17. The summed E-state index contributed by atoms with van der Waals surface area (Å²) in [6.45, 7) is -4.31. The second-order valence-corrected chi connectivity index (χ2v) is 10.7. The molecule has 0 spiro atoms. The van der Waals surface area contributed by atoms with Crippen LogP contribution in [0.4, 0.5) is 4.79 Å². The number of likely N-dealkylation sites (N-methyl/N-ethyl adjacent to an activating group) is 1. The maximum absolute atomic E-state index is 13.4. The van der Waals surface area contributed by atoms with E-state index in [2.05, 4.69) is 10.6 Å². The number of nitrogens with zero attached hydrogens (tertiary/aromatic N) is 3. The van der Waals surface area contributed by atoms with Gasteiger partial charge in [-0.3, -0.25) is 24.1 Å². The van der Waals surface area contributed by atoms with Crippen molar-refractivity contribution in [2.24, 2.45) is 0 Å². The molecule has 3 saturated heterocycles. The minimum atomic E-state index is -3.26. The van der Waals surface area contributed by atoms with Gasteiger partial charge in [0, 0.05) is 31.2 Å². The number of hydrogen-bond acceptors (Lipinski definition) is 8. The number of piperazine rings is 1. The Hall–Kier alpha value is -2.61. The van der Waals surface area contributed by atoms with Gasteiger partial charge in [-0.25, -0.2) is 4.79 Å². The van der Waals surface area contributed by atoms with Gasteiger partial charge in [-0.2, -0.15) is 0 Å². The first kappa shape index (κ1) is 22.4. The molecule has 3 aliphatic heterocycles. The van der Waals surface area contributed by atoms with E-state index in [-0.39, 0.29) is 40.0 Å². The van der Waals surface area contributed by atoms with Crippen molar-refractivity contribution in [3.63, 3.8) is 0 Å². The molecule has 6 amide bonds. The molecule has 2 N–H and O–H groups in total. The Labute approximate surface area is 246 Å². The maximum atomic E-state index is 13.4. The Morgan fingerprint density at radius 3 is 2.49 bits per heavy atom. The van der Waals surface area contributed by atoms with E-state index < -0.39 is 90.3 Å². The third-order valence-electron chi connectivity index (χ3n) is 6.23. The van der Waals surface area contributed by atoms with Gasteiger partial charge in [0.2, 0.25) is 11.8 Å². The molecule has 4 atom stereocenters. The molecule has 0 unspecified atom stereocenters. The van der Waals surface area contributed by atoms with Gasteiger partial charge in [0.1, 0.15) is 17.5 Å². The number of thioether (sulfide) groups is 1. The molecule has 1 aromatic carbocycles. The van der Waals surface area contributed by atoms with Gasteiger partial charge in [-0.15, -0.1) is 11.8 Å². The van der Waals surface area contributed by atoms with E-state index in [0.717, 1.165) is 4.90 Å². The molecule has 0 aliphatic carbocycles. The van der Waals surface area contributed by atoms with E-state index in [9.17, 15) is 33.9 Å². The summed E-state index contributed by atoms with van der Waals surface area (Å²) in [5.41, 5.74) is 0.255. The van der Waals surface area contributed by atoms with Crippen LogP contribution >= 0.6 is 11.8 Å². The van der Waals surface area contributed by atoms with Crippen LogP contribution in [0.2, 0.25) is 0 Å². The van der Waals surface area contributed by atoms with Crippen LogP contribution in [0.15, 0.2) is 30.3 Å². The average molecular weight is 545 g/mol. The summed E-state index contributed by atoms with van der Waals surface area (Å²) in [6, 6.07) is 2.82. The zero-order valence-corrected chi connectivity index (χ0v) is 23.0. The number of fused-ring (bicyclic) bond motifs is 1. The van der Waals surface area contributed by atoms with Crippen LogP contribution in [0.1, 0.15) is 39.2 Å². The molecule has 0 bridgehead atoms. The van der Waals surface area contributed by atoms with Crippen LogP contribution in [0.25, 0.3) is 0 Å². The Morgan fingerprint density at radius 1 is 1.19 bits per heavy atom. The maximum Gasteiger partial charge on any atom is 1.00 e. The molecule has 0 radical (unpaired) electrons. The number of aliphatic carboxylic acids is 1. The van der Waals surface area contributed by atoms with Crippen molar-refractivity contribution in [2.75, 3.05) is 19.6 Å². The van der Waals surface area contributed by atoms with Crippen LogP contribution in [0, 0.1) is 0 Å². The fourth-order valence-corrected chi connectivity index (χ4v) is 6.07. The molecule has 12 nitrogen and oxygen atoms in total. The van der Waals surface area contributed by atoms with Gasteiger partial charge >= 0.3 is 47.4 Å². The summed E-state index contributed by atoms with van der Waals surface area (Å²) in [4.78, 5) is 78.1. The SMILES string of the molecule is [2H]C([2H])([2H])C([2H])([2H])N1CCN(C(=O)N[C@@H](C(=O)N[C@@H]2C(=O)N3[C@@H]2SC(C)(C)[C@@H]3C(=O)[O-])c2ccccc2)C(=O)C1=O.[Na+]. The molecule has 3 aliphatic rings. The molecular weight excluding hydrogens is 513 g/mol. The van der Waals surface area contributed by atoms with Crippen LogP contribution in [0.5, 0.6) is 0 Å². The Balaban J connectivity index is 0.00000484. The van der Waals surface area contributed by atoms with Crippen molar-refractivity contribution < 1.29 is 70.3 Å². The van der Waals surface area contributed by atoms with E-state index in [1.165, 1.54) is 23.9 Å². The third-order valence-corrected chi connectivity index (χ3v) is 7.80. The number of carboxylic acid groups (broad SMARTS) is 1. The third kappa shape index (κ3) is 5.22. The van der Waals surface area contributed by atoms with Crippen LogP contribution in [-0.4, -0.2) is 92.1 Å². The van der Waals surface area contributed by atoms with Crippen molar-refractivity contribution in [3.05, 3.63) is 35.9 Å². The number of carbonyl (C=O) groups excluding carboxylic acids is 6. The first-order valence-electron chi connectivity index (χ1n) is 13.4. The molecular formula is C23H26N5NaO7S. The zero-order chi connectivity index (χ0) is 30.7. The molecule has 4 rings (SSSR count). The largest absolute Gasteiger partial charge is 1.00 e. The molecule has 3 fully saturated rings. The van der Waals surface area contributed by atoms with Gasteiger partial charge in [-0.05, 0) is 26.3 Å². The number of urea groups is 1. The fraction of sp³-hybridized carbons (Fsp3) is 0.478. The number of β-lactam (4-membered cyclic amide) rings is 1. The molecule has 192 valence electrons. The van der Waals surface area contributed by atoms with Gasteiger partial charge in [-0.1, -0.05) is 30.3 Å². The van der Waals surface area contributed by atoms with Crippen molar-refractivity contribution in [1.82, 2.24) is 25.3 Å². The molecule has 14 heteroatoms. The fourth-order valence-electron chi connectivity index (χ4n) is 4.44.